The van der Waals surface area contributed by atoms with Gasteiger partial charge in [0.05, 0.1) is 48.9 Å². The highest BCUT2D eigenvalue weighted by molar-refractivity contribution is 6.10. The fraction of sp³-hybridized carbons (Fsp3) is 0.216. The summed E-state index contributed by atoms with van der Waals surface area (Å²) in [6.45, 7) is -1.11. The van der Waals surface area contributed by atoms with Gasteiger partial charge in [0.2, 0.25) is 11.8 Å². The number of benzene rings is 5. The molecule has 4 heterocycles. The molecule has 0 spiro atoms. The number of hydrogen-bond acceptors (Lipinski definition) is 11. The number of halogens is 2. The molecule has 0 bridgehead atoms. The maximum atomic E-state index is 13.9. The highest BCUT2D eigenvalue weighted by atomic mass is 19.3. The Morgan fingerprint density at radius 1 is 0.841 bits per heavy atom. The standard InChI is InChI=1S/C51H40F2N6O10/c52-51(53)22-31(23-54)59(27-51)46(63)25-57-49(65)36-15-16-55-42-14-6-29(18-40(36)42)28-3-9-34(10-4-28)68-35-2-1-17-58(26-35)45(62)24-56-48(64)30-5-11-37(50(66)67)41(19-30)47-38-12-7-32(60)20-43(38)69-44-21-33(61)8-13-39(44)47/h3-16,18-21,31,35,60H,1-2,17,22,24-27H2,(H,56,64)(H,57,65)(H,66,67)/t31-,35?/m0/s1. The molecule has 4 N–H and O–H groups in total. The zero-order valence-electron chi connectivity index (χ0n) is 36.4. The molecule has 1 aromatic heterocycles. The number of carboxylic acid groups (broad SMARTS) is 1. The predicted molar refractivity (Wildman–Crippen MR) is 246 cm³/mol. The van der Waals surface area contributed by atoms with Crippen molar-refractivity contribution in [2.75, 3.05) is 32.7 Å². The normalized spacial score (nSPS) is 16.5. The molecule has 5 aromatic rings. The summed E-state index contributed by atoms with van der Waals surface area (Å²) in [7, 11) is 0. The van der Waals surface area contributed by atoms with Gasteiger partial charge in [-0.25, -0.2) is 13.6 Å². The van der Waals surface area contributed by atoms with Crippen LogP contribution in [0.2, 0.25) is 0 Å². The first kappa shape index (κ1) is 45.4. The number of amides is 4. The van der Waals surface area contributed by atoms with Gasteiger partial charge in [-0.05, 0) is 102 Å². The monoisotopic (exact) mass is 934 g/mol. The second-order valence-electron chi connectivity index (χ2n) is 16.8. The Morgan fingerprint density at radius 2 is 1.61 bits per heavy atom. The third kappa shape index (κ3) is 9.47. The lowest BCUT2D eigenvalue weighted by atomic mass is 9.89. The van der Waals surface area contributed by atoms with Crippen LogP contribution in [-0.4, -0.2) is 105 Å². The Balaban J connectivity index is 0.835. The smallest absolute Gasteiger partial charge is 0.336 e. The fourth-order valence-corrected chi connectivity index (χ4v) is 8.85. The lowest BCUT2D eigenvalue weighted by Crippen LogP contribution is -2.48. The summed E-state index contributed by atoms with van der Waals surface area (Å²) in [4.78, 5) is 84.5. The van der Waals surface area contributed by atoms with Gasteiger partial charge in [0.1, 0.15) is 35.0 Å². The van der Waals surface area contributed by atoms with Crippen LogP contribution in [0, 0.1) is 11.3 Å². The Bertz CT molecular complexity index is 3300. The van der Waals surface area contributed by atoms with Crippen LogP contribution in [0.5, 0.6) is 11.5 Å². The number of aromatic hydroxyl groups is 1. The number of aromatic carboxylic acids is 1. The molecular weight excluding hydrogens is 895 g/mol. The Hall–Kier alpha value is -8.72. The molecule has 0 saturated carbocycles. The maximum absolute atomic E-state index is 13.9. The van der Waals surface area contributed by atoms with Crippen molar-refractivity contribution in [1.29, 1.82) is 5.26 Å². The molecule has 2 fully saturated rings. The van der Waals surface area contributed by atoms with E-state index in [4.69, 9.17) is 9.15 Å². The number of piperidine rings is 1. The molecule has 16 nitrogen and oxygen atoms in total. The number of phenols is 1. The van der Waals surface area contributed by atoms with Crippen LogP contribution < -0.4 is 20.8 Å². The van der Waals surface area contributed by atoms with E-state index in [-0.39, 0.29) is 69.9 Å². The van der Waals surface area contributed by atoms with Crippen molar-refractivity contribution in [3.8, 4) is 51.1 Å². The van der Waals surface area contributed by atoms with E-state index in [2.05, 4.69) is 15.6 Å². The van der Waals surface area contributed by atoms with Crippen LogP contribution in [0.3, 0.4) is 0 Å². The molecule has 0 radical (unpaired) electrons. The minimum atomic E-state index is -3.18. The van der Waals surface area contributed by atoms with E-state index in [9.17, 15) is 53.0 Å². The fourth-order valence-electron chi connectivity index (χ4n) is 8.85. The molecule has 4 aliphatic rings. The van der Waals surface area contributed by atoms with E-state index in [0.29, 0.717) is 52.6 Å². The first-order chi connectivity index (χ1) is 33.1. The van der Waals surface area contributed by atoms with Crippen LogP contribution in [0.25, 0.3) is 55.4 Å². The average Bonchev–Trinajstić information content (AvgIpc) is 3.67. The first-order valence-electron chi connectivity index (χ1n) is 21.8. The number of carboxylic acids is 1. The molecule has 348 valence electrons. The molecule has 1 unspecified atom stereocenters. The third-order valence-corrected chi connectivity index (χ3v) is 12.2. The van der Waals surface area contributed by atoms with Gasteiger partial charge in [-0.15, -0.1) is 0 Å². The van der Waals surface area contributed by atoms with E-state index in [1.165, 1.54) is 60.8 Å². The van der Waals surface area contributed by atoms with Gasteiger partial charge in [0, 0.05) is 58.8 Å². The van der Waals surface area contributed by atoms with Crippen molar-refractivity contribution >= 4 is 51.5 Å². The van der Waals surface area contributed by atoms with Gasteiger partial charge >= 0.3 is 5.97 Å². The van der Waals surface area contributed by atoms with E-state index >= 15 is 0 Å². The Kier molecular flexibility index (Phi) is 12.2. The van der Waals surface area contributed by atoms with Gasteiger partial charge in [0.15, 0.2) is 5.43 Å². The number of carbonyl (C=O) groups excluding carboxylic acids is 4. The van der Waals surface area contributed by atoms with Gasteiger partial charge in [-0.2, -0.15) is 5.26 Å². The maximum Gasteiger partial charge on any atom is 0.336 e. The van der Waals surface area contributed by atoms with Gasteiger partial charge in [0.25, 0.3) is 17.7 Å². The molecule has 9 rings (SSSR count). The summed E-state index contributed by atoms with van der Waals surface area (Å²) >= 11 is 0. The summed E-state index contributed by atoms with van der Waals surface area (Å²) < 4.78 is 40.0. The van der Waals surface area contributed by atoms with Gasteiger partial charge in [-0.3, -0.25) is 29.0 Å². The molecule has 3 aliphatic heterocycles. The van der Waals surface area contributed by atoms with E-state index < -0.39 is 55.2 Å². The van der Waals surface area contributed by atoms with Crippen LogP contribution in [0.4, 0.5) is 8.78 Å². The number of aromatic nitrogens is 1. The zero-order chi connectivity index (χ0) is 48.6. The van der Waals surface area contributed by atoms with Crippen LogP contribution in [0.15, 0.2) is 119 Å². The highest BCUT2D eigenvalue weighted by Gasteiger charge is 2.47. The van der Waals surface area contributed by atoms with E-state index in [1.807, 2.05) is 18.2 Å². The van der Waals surface area contributed by atoms with Crippen molar-refractivity contribution < 1.29 is 52.1 Å². The summed E-state index contributed by atoms with van der Waals surface area (Å²) in [6, 6.07) is 27.0. The second kappa shape index (κ2) is 18.5. The highest BCUT2D eigenvalue weighted by Crippen LogP contribution is 2.42. The number of pyridine rings is 1. The number of rotatable bonds is 11. The van der Waals surface area contributed by atoms with Crippen molar-refractivity contribution in [3.63, 3.8) is 0 Å². The van der Waals surface area contributed by atoms with Crippen molar-refractivity contribution in [3.05, 3.63) is 136 Å². The molecule has 18 heteroatoms. The molecule has 2 atom stereocenters. The first-order valence-corrected chi connectivity index (χ1v) is 21.8. The van der Waals surface area contributed by atoms with E-state index in [1.54, 1.807) is 41.3 Å². The molecule has 4 aromatic carbocycles. The second-order valence-corrected chi connectivity index (χ2v) is 16.8. The van der Waals surface area contributed by atoms with Crippen LogP contribution >= 0.6 is 0 Å². The Labute approximate surface area is 390 Å². The van der Waals surface area contributed by atoms with Crippen molar-refractivity contribution in [2.45, 2.75) is 37.3 Å². The third-order valence-electron chi connectivity index (χ3n) is 12.2. The van der Waals surface area contributed by atoms with E-state index in [0.717, 1.165) is 16.0 Å². The lowest BCUT2D eigenvalue weighted by molar-refractivity contribution is -0.133. The Morgan fingerprint density at radius 3 is 2.39 bits per heavy atom. The summed E-state index contributed by atoms with van der Waals surface area (Å²) in [6.07, 6.45) is 1.64. The minimum absolute atomic E-state index is 0.0783. The quantitative estimate of drug-likeness (QED) is 0.102. The molecule has 1 aliphatic carbocycles. The summed E-state index contributed by atoms with van der Waals surface area (Å²) in [5.41, 5.74) is 2.97. The number of hydrogen-bond donors (Lipinski definition) is 4. The number of nitriles is 1. The number of ether oxygens (including phenoxy) is 1. The lowest BCUT2D eigenvalue weighted by Gasteiger charge is -2.33. The van der Waals surface area contributed by atoms with Crippen LogP contribution in [-0.2, 0) is 9.59 Å². The predicted octanol–water partition coefficient (Wildman–Crippen LogP) is 6.47. The number of alkyl halides is 2. The van der Waals surface area contributed by atoms with Crippen molar-refractivity contribution in [2.24, 2.45) is 0 Å². The molecule has 2 saturated heterocycles. The number of fused-ring (bicyclic) bond motifs is 3. The SMILES string of the molecule is N#C[C@@H]1CC(F)(F)CN1C(=O)CNC(=O)c1ccnc2ccc(-c3ccc(OC4CCCN(C(=O)CNC(=O)c5ccc(C(=O)O)c(-c6c7ccc(=O)cc-7oc7cc(O)ccc67)c5)C4)cc3)cc12. The summed E-state index contributed by atoms with van der Waals surface area (Å²) in [5, 5.41) is 35.7. The van der Waals surface area contributed by atoms with Gasteiger partial charge < -0.3 is 39.8 Å². The summed E-state index contributed by atoms with van der Waals surface area (Å²) in [5.74, 6) is -6.24. The van der Waals surface area contributed by atoms with Crippen molar-refractivity contribution in [1.82, 2.24) is 25.4 Å². The van der Waals surface area contributed by atoms with Crippen LogP contribution in [0.1, 0.15) is 50.3 Å². The number of carbonyl (C=O) groups is 5. The number of nitrogens with one attached hydrogen (secondary N) is 2. The number of likely N-dealkylation sites (tertiary alicyclic amines) is 2. The number of nitrogens with zero attached hydrogens (tertiary/aromatic N) is 4. The zero-order valence-corrected chi connectivity index (χ0v) is 36.4. The molecule has 4 amide bonds. The molecular formula is C51H40F2N6O10. The molecule has 69 heavy (non-hydrogen) atoms. The number of phenolic OH excluding ortho intramolecular Hbond substituents is 1. The van der Waals surface area contributed by atoms with Gasteiger partial charge in [-0.1, -0.05) is 18.2 Å². The average molecular weight is 935 g/mol. The topological polar surface area (TPSA) is 232 Å². The largest absolute Gasteiger partial charge is 0.508 e. The minimum Gasteiger partial charge on any atom is -0.508 e.